The van der Waals surface area contributed by atoms with Crippen LogP contribution in [0.5, 0.6) is 0 Å². The molecule has 0 amide bonds. The van der Waals surface area contributed by atoms with E-state index in [0.29, 0.717) is 22.7 Å². The van der Waals surface area contributed by atoms with Gasteiger partial charge >= 0.3 is 0 Å². The molecule has 11 nitrogen and oxygen atoms in total. The number of anilines is 4. The number of Topliss-reactive ketones (excluding diaryl/α,β-unsaturated/α-hetero) is 1. The fourth-order valence-electron chi connectivity index (χ4n) is 7.67. The molecule has 2 atom stereocenters. The van der Waals surface area contributed by atoms with Gasteiger partial charge < -0.3 is 32.1 Å². The Balaban J connectivity index is 1.25. The average Bonchev–Trinajstić information content (AvgIpc) is 3.68. The topological polar surface area (TPSA) is 183 Å². The van der Waals surface area contributed by atoms with Gasteiger partial charge in [0.25, 0.3) is 0 Å². The number of aromatic nitrogens is 6. The maximum Gasteiger partial charge on any atom is 0.222 e. The van der Waals surface area contributed by atoms with E-state index < -0.39 is 11.8 Å². The molecule has 4 aromatic carbocycles. The molecular formula is C39H36N10O. The van der Waals surface area contributed by atoms with Crippen LogP contribution in [0.3, 0.4) is 0 Å². The van der Waals surface area contributed by atoms with Gasteiger partial charge in [0.2, 0.25) is 11.9 Å². The summed E-state index contributed by atoms with van der Waals surface area (Å²) in [5.41, 5.74) is 33.6. The van der Waals surface area contributed by atoms with Crippen molar-refractivity contribution < 1.29 is 4.79 Å². The number of carbonyl (C=O) groups is 1. The van der Waals surface area contributed by atoms with Crippen molar-refractivity contribution in [2.45, 2.75) is 25.7 Å². The van der Waals surface area contributed by atoms with Crippen LogP contribution in [0.15, 0.2) is 85.2 Å². The molecule has 2 unspecified atom stereocenters. The number of benzene rings is 4. The standard InChI is InChI=1S/C39H36N10O/c1-19(21-9-5-7-11-23(21)27-17-29-31(36(40)46-38(42)44-29)25-13-15-48(3)33(25)27)35(50)20(2)22-10-6-8-12-24(22)28-18-30-32(37(41)47-39(43)45-30)26-14-16-49(4)34(26)28/h5-20H,1-4H3,(H4,40,42,44,46)(H4,41,43,45,47). The minimum absolute atomic E-state index is 0.0874. The average molecular weight is 661 g/mol. The van der Waals surface area contributed by atoms with Crippen LogP contribution in [0.4, 0.5) is 23.5 Å². The highest BCUT2D eigenvalue weighted by Crippen LogP contribution is 2.43. The fraction of sp³-hybridized carbons (Fsp3) is 0.154. The first-order valence-electron chi connectivity index (χ1n) is 16.4. The summed E-state index contributed by atoms with van der Waals surface area (Å²) in [6.45, 7) is 3.96. The second-order valence-corrected chi connectivity index (χ2v) is 13.0. The predicted octanol–water partition coefficient (Wildman–Crippen LogP) is 6.70. The number of aryl methyl sites for hydroxylation is 2. The van der Waals surface area contributed by atoms with Crippen LogP contribution in [-0.4, -0.2) is 34.9 Å². The van der Waals surface area contributed by atoms with Crippen LogP contribution in [0.1, 0.15) is 36.8 Å². The van der Waals surface area contributed by atoms with Crippen molar-refractivity contribution in [3.05, 3.63) is 96.3 Å². The van der Waals surface area contributed by atoms with Gasteiger partial charge in [-0.15, -0.1) is 0 Å². The SMILES string of the molecule is CC(C(=O)C(C)c1ccccc1-c1cc2nc(N)nc(N)c2c2ccn(C)c12)c1ccccc1-c1cc2nc(N)nc(N)c2c2ccn(C)c12. The van der Waals surface area contributed by atoms with E-state index in [-0.39, 0.29) is 17.7 Å². The van der Waals surface area contributed by atoms with E-state index in [4.69, 9.17) is 22.9 Å². The summed E-state index contributed by atoms with van der Waals surface area (Å²) in [6, 6.07) is 24.1. The van der Waals surface area contributed by atoms with Gasteiger partial charge in [-0.2, -0.15) is 9.97 Å². The maximum atomic E-state index is 14.7. The molecule has 0 aliphatic carbocycles. The van der Waals surface area contributed by atoms with Crippen molar-refractivity contribution in [3.63, 3.8) is 0 Å². The molecule has 4 aromatic heterocycles. The normalized spacial score (nSPS) is 13.0. The van der Waals surface area contributed by atoms with Crippen LogP contribution < -0.4 is 22.9 Å². The number of hydrogen-bond acceptors (Lipinski definition) is 9. The zero-order valence-electron chi connectivity index (χ0n) is 28.1. The highest BCUT2D eigenvalue weighted by Gasteiger charge is 2.28. The molecule has 50 heavy (non-hydrogen) atoms. The number of nitrogen functional groups attached to an aromatic ring is 4. The lowest BCUT2D eigenvalue weighted by molar-refractivity contribution is -0.121. The summed E-state index contributed by atoms with van der Waals surface area (Å²) in [5, 5.41) is 3.35. The van der Waals surface area contributed by atoms with E-state index in [1.165, 1.54) is 0 Å². The molecule has 8 aromatic rings. The molecule has 11 heteroatoms. The second kappa shape index (κ2) is 11.3. The quantitative estimate of drug-likeness (QED) is 0.151. The molecule has 0 radical (unpaired) electrons. The van der Waals surface area contributed by atoms with Gasteiger partial charge in [-0.3, -0.25) is 4.79 Å². The van der Waals surface area contributed by atoms with Gasteiger partial charge in [0.05, 0.1) is 32.8 Å². The summed E-state index contributed by atoms with van der Waals surface area (Å²) >= 11 is 0. The lowest BCUT2D eigenvalue weighted by Gasteiger charge is -2.23. The van der Waals surface area contributed by atoms with Gasteiger partial charge in [0.15, 0.2) is 0 Å². The highest BCUT2D eigenvalue weighted by atomic mass is 16.1. The molecular weight excluding hydrogens is 624 g/mol. The molecule has 8 rings (SSSR count). The van der Waals surface area contributed by atoms with Crippen LogP contribution in [-0.2, 0) is 18.9 Å². The number of ketones is 1. The first kappa shape index (κ1) is 30.8. The Morgan fingerprint density at radius 2 is 0.980 bits per heavy atom. The van der Waals surface area contributed by atoms with Crippen LogP contribution in [0.2, 0.25) is 0 Å². The number of hydrogen-bond donors (Lipinski definition) is 4. The minimum Gasteiger partial charge on any atom is -0.383 e. The monoisotopic (exact) mass is 660 g/mol. The van der Waals surface area contributed by atoms with Crippen molar-refractivity contribution >= 4 is 72.9 Å². The Morgan fingerprint density at radius 1 is 0.580 bits per heavy atom. The molecule has 0 bridgehead atoms. The number of nitrogens with two attached hydrogens (primary N) is 4. The third-order valence-corrected chi connectivity index (χ3v) is 10.0. The minimum atomic E-state index is -0.445. The third-order valence-electron chi connectivity index (χ3n) is 10.0. The third kappa shape index (κ3) is 4.61. The highest BCUT2D eigenvalue weighted by molar-refractivity contribution is 6.17. The Hall–Kier alpha value is -6.49. The second-order valence-electron chi connectivity index (χ2n) is 13.0. The molecule has 4 heterocycles. The first-order chi connectivity index (χ1) is 24.0. The Bertz CT molecular complexity index is 2510. The molecule has 248 valence electrons. The van der Waals surface area contributed by atoms with Crippen molar-refractivity contribution in [3.8, 4) is 22.3 Å². The Morgan fingerprint density at radius 3 is 1.40 bits per heavy atom. The Labute approximate surface area is 287 Å². The van der Waals surface area contributed by atoms with Crippen molar-refractivity contribution in [2.75, 3.05) is 22.9 Å². The zero-order valence-corrected chi connectivity index (χ0v) is 28.1. The zero-order chi connectivity index (χ0) is 35.0. The summed E-state index contributed by atoms with van der Waals surface area (Å²) in [7, 11) is 3.99. The maximum absolute atomic E-state index is 14.7. The van der Waals surface area contributed by atoms with Crippen LogP contribution >= 0.6 is 0 Å². The van der Waals surface area contributed by atoms with Crippen LogP contribution in [0.25, 0.3) is 65.9 Å². The van der Waals surface area contributed by atoms with Crippen molar-refractivity contribution in [1.29, 1.82) is 0 Å². The van der Waals surface area contributed by atoms with E-state index in [2.05, 4.69) is 41.2 Å². The number of fused-ring (bicyclic) bond motifs is 6. The van der Waals surface area contributed by atoms with Gasteiger partial charge in [-0.1, -0.05) is 62.4 Å². The molecule has 0 aliphatic rings. The van der Waals surface area contributed by atoms with E-state index in [9.17, 15) is 4.79 Å². The smallest absolute Gasteiger partial charge is 0.222 e. The molecule has 0 aliphatic heterocycles. The van der Waals surface area contributed by atoms with E-state index in [1.807, 2.05) is 101 Å². The summed E-state index contributed by atoms with van der Waals surface area (Å²) < 4.78 is 4.12. The number of rotatable bonds is 6. The molecule has 0 spiro atoms. The first-order valence-corrected chi connectivity index (χ1v) is 16.4. The molecule has 8 N–H and O–H groups in total. The lowest BCUT2D eigenvalue weighted by atomic mass is 9.80. The summed E-state index contributed by atoms with van der Waals surface area (Å²) in [4.78, 5) is 32.2. The summed E-state index contributed by atoms with van der Waals surface area (Å²) in [5.74, 6) is 0.0814. The molecule has 0 fully saturated rings. The number of nitrogens with zero attached hydrogens (tertiary/aromatic N) is 6. The summed E-state index contributed by atoms with van der Waals surface area (Å²) in [6.07, 6.45) is 3.98. The van der Waals surface area contributed by atoms with Gasteiger partial charge in [-0.25, -0.2) is 9.97 Å². The Kier molecular flexibility index (Phi) is 6.97. The van der Waals surface area contributed by atoms with E-state index >= 15 is 0 Å². The van der Waals surface area contributed by atoms with E-state index in [0.717, 1.165) is 66.0 Å². The van der Waals surface area contributed by atoms with Crippen molar-refractivity contribution in [1.82, 2.24) is 29.1 Å². The van der Waals surface area contributed by atoms with Gasteiger partial charge in [0.1, 0.15) is 17.4 Å². The molecule has 0 saturated heterocycles. The molecule has 0 saturated carbocycles. The lowest BCUT2D eigenvalue weighted by Crippen LogP contribution is -2.18. The fourth-order valence-corrected chi connectivity index (χ4v) is 7.67. The largest absolute Gasteiger partial charge is 0.383 e. The van der Waals surface area contributed by atoms with Crippen LogP contribution in [0, 0.1) is 0 Å². The van der Waals surface area contributed by atoms with E-state index in [1.54, 1.807) is 0 Å². The van der Waals surface area contributed by atoms with Gasteiger partial charge in [-0.05, 0) is 46.5 Å². The van der Waals surface area contributed by atoms with Crippen molar-refractivity contribution in [2.24, 2.45) is 14.1 Å². The predicted molar refractivity (Wildman–Crippen MR) is 202 cm³/mol. The number of carbonyl (C=O) groups excluding carboxylic acids is 1. The van der Waals surface area contributed by atoms with Gasteiger partial charge in [0, 0.05) is 60.2 Å².